The first kappa shape index (κ1) is 25.4. The van der Waals surface area contributed by atoms with Crippen LogP contribution in [0, 0.1) is 13.8 Å². The average Bonchev–Trinajstić information content (AvgIpc) is 2.81. The molecule has 0 unspecified atom stereocenters. The molecule has 0 aliphatic heterocycles. The summed E-state index contributed by atoms with van der Waals surface area (Å²) in [6.07, 6.45) is 1.81. The van der Waals surface area contributed by atoms with Crippen molar-refractivity contribution in [1.82, 2.24) is 9.55 Å². The molecule has 0 spiro atoms. The number of carbonyl (C=O) groups excluding carboxylic acids is 1. The number of nitrogens with two attached hydrogens (primary N) is 1. The number of rotatable bonds is 10. The van der Waals surface area contributed by atoms with Crippen LogP contribution in [0.15, 0.2) is 63.0 Å². The van der Waals surface area contributed by atoms with Crippen molar-refractivity contribution >= 4 is 29.2 Å². The molecule has 8 heteroatoms. The van der Waals surface area contributed by atoms with Crippen molar-refractivity contribution < 1.29 is 4.79 Å². The normalized spacial score (nSPS) is 10.9. The van der Waals surface area contributed by atoms with Gasteiger partial charge in [0.15, 0.2) is 5.69 Å². The molecule has 0 aliphatic rings. The molecule has 0 saturated carbocycles. The zero-order valence-corrected chi connectivity index (χ0v) is 20.8. The zero-order chi connectivity index (χ0) is 24.7. The second kappa shape index (κ2) is 11.7. The quantitative estimate of drug-likeness (QED) is 0.426. The maximum atomic E-state index is 13.2. The summed E-state index contributed by atoms with van der Waals surface area (Å²) in [5.74, 6) is 0.390. The number of nitrogen functional groups attached to an aromatic ring is 1. The molecule has 0 fully saturated rings. The van der Waals surface area contributed by atoms with Crippen molar-refractivity contribution in [2.75, 3.05) is 22.9 Å². The van der Waals surface area contributed by atoms with Gasteiger partial charge < -0.3 is 10.6 Å². The first-order valence-electron chi connectivity index (χ1n) is 11.5. The molecule has 7 nitrogen and oxygen atoms in total. The van der Waals surface area contributed by atoms with Crippen molar-refractivity contribution in [2.24, 2.45) is 0 Å². The summed E-state index contributed by atoms with van der Waals surface area (Å²) in [6.45, 7) is 6.71. The fourth-order valence-corrected chi connectivity index (χ4v) is 4.57. The number of carbonyl (C=O) groups is 1. The Labute approximate surface area is 204 Å². The van der Waals surface area contributed by atoms with Gasteiger partial charge >= 0.3 is 5.69 Å². The number of aryl methyl sites for hydroxylation is 2. The lowest BCUT2D eigenvalue weighted by Gasteiger charge is -2.24. The Morgan fingerprint density at radius 1 is 1.09 bits per heavy atom. The topological polar surface area (TPSA) is 101 Å². The highest BCUT2D eigenvalue weighted by atomic mass is 32.2. The van der Waals surface area contributed by atoms with Gasteiger partial charge in [-0.15, -0.1) is 11.8 Å². The van der Waals surface area contributed by atoms with E-state index in [1.165, 1.54) is 20.6 Å². The van der Waals surface area contributed by atoms with Gasteiger partial charge in [-0.2, -0.15) is 0 Å². The first-order valence-corrected chi connectivity index (χ1v) is 12.5. The number of hydrogen-bond donors (Lipinski definition) is 2. The molecule has 1 heterocycles. The summed E-state index contributed by atoms with van der Waals surface area (Å²) >= 11 is 1.60. The number of hydrogen-bond acceptors (Lipinski definition) is 5. The molecule has 2 aromatic carbocycles. The van der Waals surface area contributed by atoms with Gasteiger partial charge in [0.1, 0.15) is 5.82 Å². The van der Waals surface area contributed by atoms with Crippen LogP contribution >= 0.6 is 11.8 Å². The predicted molar refractivity (Wildman–Crippen MR) is 140 cm³/mol. The van der Waals surface area contributed by atoms with Crippen LogP contribution in [-0.2, 0) is 11.3 Å². The number of nitrogens with one attached hydrogen (secondary N) is 1. The van der Waals surface area contributed by atoms with E-state index in [9.17, 15) is 14.4 Å². The molecule has 3 aromatic rings. The Kier molecular flexibility index (Phi) is 8.76. The summed E-state index contributed by atoms with van der Waals surface area (Å²) < 4.78 is 1.31. The van der Waals surface area contributed by atoms with Crippen LogP contribution in [0.3, 0.4) is 0 Å². The average molecular weight is 481 g/mol. The lowest BCUT2D eigenvalue weighted by Crippen LogP contribution is -2.41. The highest BCUT2D eigenvalue weighted by Crippen LogP contribution is 2.24. The zero-order valence-electron chi connectivity index (χ0n) is 20.0. The highest BCUT2D eigenvalue weighted by molar-refractivity contribution is 7.99. The number of amides is 1. The van der Waals surface area contributed by atoms with E-state index in [-0.39, 0.29) is 30.4 Å². The van der Waals surface area contributed by atoms with Crippen LogP contribution in [-0.4, -0.2) is 27.8 Å². The Morgan fingerprint density at radius 2 is 1.82 bits per heavy atom. The summed E-state index contributed by atoms with van der Waals surface area (Å²) in [7, 11) is 0. The number of nitrogens with zero attached hydrogens (tertiary/aromatic N) is 2. The van der Waals surface area contributed by atoms with E-state index in [4.69, 9.17) is 5.73 Å². The fraction of sp³-hybridized carbons (Fsp3) is 0.346. The molecule has 1 amide bonds. The standard InChI is InChI=1S/C26H32N4O3S/c1-4-5-14-29(22(31)13-15-34-21-12-11-18(2)19(3)16-21)23-24(27)30(26(33)28-25(23)32)17-20-9-7-6-8-10-20/h6-12,16H,4-5,13-15,17,27H2,1-3H3,(H,28,32,33). The molecule has 0 radical (unpaired) electrons. The van der Waals surface area contributed by atoms with Gasteiger partial charge in [0.05, 0.1) is 6.54 Å². The molecule has 3 rings (SSSR count). The molecule has 180 valence electrons. The maximum Gasteiger partial charge on any atom is 0.330 e. The Bertz CT molecular complexity index is 1250. The van der Waals surface area contributed by atoms with Crippen LogP contribution in [0.5, 0.6) is 0 Å². The summed E-state index contributed by atoms with van der Waals surface area (Å²) in [6, 6.07) is 15.6. The fourth-order valence-electron chi connectivity index (χ4n) is 3.63. The monoisotopic (exact) mass is 480 g/mol. The largest absolute Gasteiger partial charge is 0.383 e. The Balaban J connectivity index is 1.85. The molecule has 34 heavy (non-hydrogen) atoms. The van der Waals surface area contributed by atoms with E-state index in [0.29, 0.717) is 18.7 Å². The molecule has 0 aliphatic carbocycles. The highest BCUT2D eigenvalue weighted by Gasteiger charge is 2.23. The lowest BCUT2D eigenvalue weighted by atomic mass is 10.1. The third-order valence-corrected chi connectivity index (χ3v) is 6.76. The molecule has 3 N–H and O–H groups in total. The van der Waals surface area contributed by atoms with Crippen molar-refractivity contribution in [2.45, 2.75) is 51.5 Å². The Hall–Kier alpha value is -3.26. The molecule has 0 saturated heterocycles. The Morgan fingerprint density at radius 3 is 2.50 bits per heavy atom. The number of benzene rings is 2. The van der Waals surface area contributed by atoms with Crippen LogP contribution in [0.2, 0.25) is 0 Å². The summed E-state index contributed by atoms with van der Waals surface area (Å²) in [4.78, 5) is 43.4. The van der Waals surface area contributed by atoms with Crippen molar-refractivity contribution in [1.29, 1.82) is 0 Å². The number of unbranched alkanes of at least 4 members (excludes halogenated alkanes) is 1. The van der Waals surface area contributed by atoms with E-state index in [1.54, 1.807) is 11.8 Å². The minimum atomic E-state index is -0.641. The van der Waals surface area contributed by atoms with Crippen molar-refractivity contribution in [3.05, 3.63) is 86.1 Å². The molecule has 0 bridgehead atoms. The van der Waals surface area contributed by atoms with Crippen LogP contribution in [0.25, 0.3) is 0 Å². The van der Waals surface area contributed by atoms with Gasteiger partial charge in [0.2, 0.25) is 5.91 Å². The van der Waals surface area contributed by atoms with Crippen LogP contribution in [0.4, 0.5) is 11.5 Å². The van der Waals surface area contributed by atoms with Gasteiger partial charge in [-0.25, -0.2) is 4.79 Å². The number of aromatic nitrogens is 2. The predicted octanol–water partition coefficient (Wildman–Crippen LogP) is 4.10. The van der Waals surface area contributed by atoms with Crippen molar-refractivity contribution in [3.8, 4) is 0 Å². The van der Waals surface area contributed by atoms with Gasteiger partial charge in [-0.05, 0) is 49.1 Å². The molecule has 1 aromatic heterocycles. The number of thioether (sulfide) groups is 1. The van der Waals surface area contributed by atoms with E-state index in [2.05, 4.69) is 37.0 Å². The first-order chi connectivity index (χ1) is 16.3. The van der Waals surface area contributed by atoms with Crippen LogP contribution in [0.1, 0.15) is 42.9 Å². The van der Waals surface area contributed by atoms with E-state index in [0.717, 1.165) is 16.9 Å². The van der Waals surface area contributed by atoms with Gasteiger partial charge in [-0.1, -0.05) is 49.7 Å². The van der Waals surface area contributed by atoms with E-state index in [1.807, 2.05) is 37.3 Å². The van der Waals surface area contributed by atoms with E-state index < -0.39 is 11.2 Å². The number of anilines is 2. The van der Waals surface area contributed by atoms with E-state index >= 15 is 0 Å². The molecule has 0 atom stereocenters. The molecular formula is C26H32N4O3S. The second-order valence-electron chi connectivity index (χ2n) is 8.31. The van der Waals surface area contributed by atoms with Gasteiger partial charge in [0, 0.05) is 23.6 Å². The lowest BCUT2D eigenvalue weighted by molar-refractivity contribution is -0.118. The minimum absolute atomic E-state index is 0.00358. The minimum Gasteiger partial charge on any atom is -0.383 e. The third kappa shape index (κ3) is 6.20. The smallest absolute Gasteiger partial charge is 0.330 e. The second-order valence-corrected chi connectivity index (χ2v) is 9.48. The SMILES string of the molecule is CCCCN(C(=O)CCSc1ccc(C)c(C)c1)c1c(N)n(Cc2ccccc2)c(=O)[nH]c1=O. The maximum absolute atomic E-state index is 13.2. The van der Waals surface area contributed by atoms with Gasteiger partial charge in [-0.3, -0.25) is 19.1 Å². The third-order valence-electron chi connectivity index (χ3n) is 5.77. The van der Waals surface area contributed by atoms with Crippen LogP contribution < -0.4 is 21.9 Å². The summed E-state index contributed by atoms with van der Waals surface area (Å²) in [5.41, 5.74) is 8.45. The summed E-state index contributed by atoms with van der Waals surface area (Å²) in [5, 5.41) is 0. The van der Waals surface area contributed by atoms with Gasteiger partial charge in [0.25, 0.3) is 5.56 Å². The number of H-pyrrole nitrogens is 1. The molecular weight excluding hydrogens is 448 g/mol. The number of aromatic amines is 1. The van der Waals surface area contributed by atoms with Crippen molar-refractivity contribution in [3.63, 3.8) is 0 Å².